The fourth-order valence-corrected chi connectivity index (χ4v) is 6.50. The van der Waals surface area contributed by atoms with Gasteiger partial charge in [0.1, 0.15) is 0 Å². The first-order chi connectivity index (χ1) is 20.3. The van der Waals surface area contributed by atoms with Crippen molar-refractivity contribution >= 4 is 32.6 Å². The maximum Gasteiger partial charge on any atom is 0.159 e. The molecule has 2 aromatic heterocycles. The first-order valence-electron chi connectivity index (χ1n) is 13.9. The van der Waals surface area contributed by atoms with Crippen LogP contribution in [0.3, 0.4) is 0 Å². The highest BCUT2D eigenvalue weighted by molar-refractivity contribution is 6.14. The maximum atomic E-state index is 5.06. The first kappa shape index (κ1) is 22.3. The van der Waals surface area contributed by atoms with Gasteiger partial charge in [-0.25, -0.2) is 9.97 Å². The summed E-state index contributed by atoms with van der Waals surface area (Å²) in [5.41, 5.74) is 11.5. The molecule has 1 aliphatic rings. The highest BCUT2D eigenvalue weighted by atomic mass is 15.0. The molecule has 41 heavy (non-hydrogen) atoms. The van der Waals surface area contributed by atoms with E-state index in [0.29, 0.717) is 0 Å². The summed E-state index contributed by atoms with van der Waals surface area (Å²) in [5.74, 6) is 0.750. The Hall–Kier alpha value is -5.54. The van der Waals surface area contributed by atoms with E-state index in [9.17, 15) is 0 Å². The fraction of sp³-hybridized carbons (Fsp3) is 0. The molecular weight excluding hydrogens is 498 g/mol. The van der Waals surface area contributed by atoms with Crippen LogP contribution in [0.1, 0.15) is 0 Å². The summed E-state index contributed by atoms with van der Waals surface area (Å²) in [5, 5.41) is 5.04. The first-order valence-corrected chi connectivity index (χ1v) is 13.9. The van der Waals surface area contributed by atoms with Gasteiger partial charge in [0.05, 0.1) is 16.7 Å². The number of benzene rings is 6. The van der Waals surface area contributed by atoms with E-state index in [1.165, 1.54) is 54.8 Å². The van der Waals surface area contributed by atoms with E-state index < -0.39 is 0 Å². The minimum atomic E-state index is 0.750. The number of rotatable bonds is 3. The van der Waals surface area contributed by atoms with Gasteiger partial charge in [-0.1, -0.05) is 109 Å². The Morgan fingerprint density at radius 3 is 2.05 bits per heavy atom. The largest absolute Gasteiger partial charge is 0.309 e. The number of aromatic nitrogens is 3. The zero-order chi connectivity index (χ0) is 26.9. The van der Waals surface area contributed by atoms with Crippen LogP contribution >= 0.6 is 0 Å². The molecular formula is C38H23N3. The smallest absolute Gasteiger partial charge is 0.159 e. The van der Waals surface area contributed by atoms with Crippen molar-refractivity contribution in [3.8, 4) is 50.6 Å². The minimum Gasteiger partial charge on any atom is -0.309 e. The van der Waals surface area contributed by atoms with Gasteiger partial charge in [-0.3, -0.25) is 0 Å². The molecule has 0 aliphatic heterocycles. The second-order valence-corrected chi connectivity index (χ2v) is 10.7. The summed E-state index contributed by atoms with van der Waals surface area (Å²) in [6, 6.07) is 47.5. The molecule has 190 valence electrons. The topological polar surface area (TPSA) is 30.7 Å². The van der Waals surface area contributed by atoms with E-state index in [1.54, 1.807) is 0 Å². The lowest BCUT2D eigenvalue weighted by Crippen LogP contribution is -1.93. The lowest BCUT2D eigenvalue weighted by molar-refractivity contribution is 1.18. The minimum absolute atomic E-state index is 0.750. The molecule has 3 nitrogen and oxygen atoms in total. The predicted molar refractivity (Wildman–Crippen MR) is 169 cm³/mol. The van der Waals surface area contributed by atoms with E-state index in [1.807, 2.05) is 6.20 Å². The zero-order valence-corrected chi connectivity index (χ0v) is 22.1. The zero-order valence-electron chi connectivity index (χ0n) is 22.1. The van der Waals surface area contributed by atoms with Crippen LogP contribution in [0.5, 0.6) is 0 Å². The highest BCUT2D eigenvalue weighted by Crippen LogP contribution is 2.46. The number of hydrogen-bond acceptors (Lipinski definition) is 2. The third-order valence-corrected chi connectivity index (χ3v) is 8.40. The predicted octanol–water partition coefficient (Wildman–Crippen LogP) is 9.71. The Morgan fingerprint density at radius 2 is 1.20 bits per heavy atom. The molecule has 0 saturated heterocycles. The molecule has 9 rings (SSSR count). The number of nitrogens with zero attached hydrogens (tertiary/aromatic N) is 3. The van der Waals surface area contributed by atoms with Crippen LogP contribution in [0, 0.1) is 0 Å². The Morgan fingerprint density at radius 1 is 0.488 bits per heavy atom. The van der Waals surface area contributed by atoms with Crippen molar-refractivity contribution in [1.82, 2.24) is 14.5 Å². The van der Waals surface area contributed by atoms with Gasteiger partial charge in [0.15, 0.2) is 5.82 Å². The van der Waals surface area contributed by atoms with E-state index in [0.717, 1.165) is 28.3 Å². The average molecular weight is 522 g/mol. The second kappa shape index (κ2) is 8.48. The maximum absolute atomic E-state index is 5.06. The molecule has 6 aromatic carbocycles. The lowest BCUT2D eigenvalue weighted by Gasteiger charge is -2.09. The van der Waals surface area contributed by atoms with Crippen LogP contribution in [-0.4, -0.2) is 14.5 Å². The second-order valence-electron chi connectivity index (χ2n) is 10.7. The van der Waals surface area contributed by atoms with Gasteiger partial charge in [-0.15, -0.1) is 0 Å². The van der Waals surface area contributed by atoms with Crippen LogP contribution in [0.2, 0.25) is 0 Å². The van der Waals surface area contributed by atoms with Gasteiger partial charge in [0, 0.05) is 39.3 Å². The van der Waals surface area contributed by atoms with Crippen molar-refractivity contribution in [3.63, 3.8) is 0 Å². The third kappa shape index (κ3) is 3.26. The van der Waals surface area contributed by atoms with E-state index in [-0.39, 0.29) is 0 Å². The molecule has 0 amide bonds. The van der Waals surface area contributed by atoms with Crippen molar-refractivity contribution in [2.45, 2.75) is 0 Å². The Kier molecular flexibility index (Phi) is 4.61. The molecule has 1 aliphatic carbocycles. The van der Waals surface area contributed by atoms with Gasteiger partial charge in [-0.05, 0) is 51.7 Å². The van der Waals surface area contributed by atoms with Crippen molar-refractivity contribution in [2.75, 3.05) is 0 Å². The molecule has 0 saturated carbocycles. The molecule has 0 N–H and O–H groups in total. The summed E-state index contributed by atoms with van der Waals surface area (Å²) >= 11 is 0. The van der Waals surface area contributed by atoms with Gasteiger partial charge in [0.2, 0.25) is 0 Å². The summed E-state index contributed by atoms with van der Waals surface area (Å²) in [4.78, 5) is 9.85. The molecule has 8 aromatic rings. The third-order valence-electron chi connectivity index (χ3n) is 8.40. The number of fused-ring (bicyclic) bond motifs is 6. The van der Waals surface area contributed by atoms with E-state index >= 15 is 0 Å². The van der Waals surface area contributed by atoms with E-state index in [2.05, 4.69) is 138 Å². The number of hydrogen-bond donors (Lipinski definition) is 0. The van der Waals surface area contributed by atoms with Crippen molar-refractivity contribution < 1.29 is 0 Å². The van der Waals surface area contributed by atoms with Crippen molar-refractivity contribution in [3.05, 3.63) is 140 Å². The summed E-state index contributed by atoms with van der Waals surface area (Å²) in [6.07, 6.45) is 1.98. The van der Waals surface area contributed by atoms with Crippen LogP contribution in [0.15, 0.2) is 140 Å². The lowest BCUT2D eigenvalue weighted by atomic mass is 10.0. The molecule has 3 heteroatoms. The van der Waals surface area contributed by atoms with Crippen LogP contribution in [-0.2, 0) is 0 Å². The molecule has 0 spiro atoms. The Balaban J connectivity index is 1.13. The van der Waals surface area contributed by atoms with Gasteiger partial charge in [-0.2, -0.15) is 0 Å². The van der Waals surface area contributed by atoms with Crippen LogP contribution < -0.4 is 0 Å². The number of para-hydroxylation sites is 2. The SMILES string of the molecule is c1ccc(-n2c3ccccc3c3ccc(-c4ccc(-c5ncc6c(n5)-c5cccc7cccc-6c57)cc4)cc32)cc1. The summed E-state index contributed by atoms with van der Waals surface area (Å²) in [7, 11) is 0. The highest BCUT2D eigenvalue weighted by Gasteiger charge is 2.23. The molecule has 2 heterocycles. The monoisotopic (exact) mass is 521 g/mol. The molecule has 0 bridgehead atoms. The standard InChI is InChI=1S/C38H23N3/c1-2-10-28(11-3-1)41-34-15-5-4-12-29(34)30-21-20-27(22-35(30)41)24-16-18-26(19-17-24)38-39-23-33-31-13-6-8-25-9-7-14-32(36(25)31)37(33)40-38/h1-23H. The fourth-order valence-electron chi connectivity index (χ4n) is 6.50. The van der Waals surface area contributed by atoms with Gasteiger partial charge in [0.25, 0.3) is 0 Å². The van der Waals surface area contributed by atoms with Gasteiger partial charge < -0.3 is 4.57 Å². The molecule has 0 fully saturated rings. The van der Waals surface area contributed by atoms with Crippen molar-refractivity contribution in [2.24, 2.45) is 0 Å². The Bertz CT molecular complexity index is 2290. The molecule has 0 unspecified atom stereocenters. The molecule has 0 radical (unpaired) electrons. The van der Waals surface area contributed by atoms with E-state index in [4.69, 9.17) is 9.97 Å². The van der Waals surface area contributed by atoms with Crippen molar-refractivity contribution in [1.29, 1.82) is 0 Å². The normalized spacial score (nSPS) is 11.9. The Labute approximate surface area is 237 Å². The molecule has 0 atom stereocenters. The quantitative estimate of drug-likeness (QED) is 0.232. The van der Waals surface area contributed by atoms with Crippen LogP contribution in [0.25, 0.3) is 83.2 Å². The average Bonchev–Trinajstić information content (AvgIpc) is 3.55. The summed E-state index contributed by atoms with van der Waals surface area (Å²) < 4.78 is 2.36. The van der Waals surface area contributed by atoms with Gasteiger partial charge >= 0.3 is 0 Å². The van der Waals surface area contributed by atoms with Crippen LogP contribution in [0.4, 0.5) is 0 Å². The summed E-state index contributed by atoms with van der Waals surface area (Å²) in [6.45, 7) is 0.